The van der Waals surface area contributed by atoms with Gasteiger partial charge in [-0.2, -0.15) is 0 Å². The number of hydrogen-bond donors (Lipinski definition) is 3. The molecule has 6 nitrogen and oxygen atoms in total. The third kappa shape index (κ3) is 7.84. The summed E-state index contributed by atoms with van der Waals surface area (Å²) in [7, 11) is 0. The van der Waals surface area contributed by atoms with Gasteiger partial charge in [0.1, 0.15) is 18.0 Å². The number of hydrogen-bond acceptors (Lipinski definition) is 5. The first-order chi connectivity index (χ1) is 11.2. The Labute approximate surface area is 144 Å². The van der Waals surface area contributed by atoms with Crippen molar-refractivity contribution < 1.29 is 24.5 Å². The van der Waals surface area contributed by atoms with Gasteiger partial charge in [-0.25, -0.2) is 4.79 Å². The molecule has 0 fully saturated rings. The molecule has 0 aromatic carbocycles. The van der Waals surface area contributed by atoms with Crippen LogP contribution in [-0.4, -0.2) is 47.3 Å². The zero-order valence-corrected chi connectivity index (χ0v) is 15.2. The molecule has 2 atom stereocenters. The lowest BCUT2D eigenvalue weighted by Gasteiger charge is -2.24. The Kier molecular flexibility index (Phi) is 8.28. The molecular weight excluding hydrogens is 310 g/mol. The number of aliphatic hydroxyl groups excluding tert-OH is 2. The summed E-state index contributed by atoms with van der Waals surface area (Å²) < 4.78 is 10.8. The fourth-order valence-electron chi connectivity index (χ4n) is 2.42. The van der Waals surface area contributed by atoms with Gasteiger partial charge in [0, 0.05) is 6.04 Å². The molecule has 0 bridgehead atoms. The number of allylic oxidation sites excluding steroid dienone is 1. The first-order valence-electron chi connectivity index (χ1n) is 8.57. The van der Waals surface area contributed by atoms with E-state index in [1.807, 2.05) is 33.8 Å². The van der Waals surface area contributed by atoms with Crippen LogP contribution in [0, 0.1) is 0 Å². The summed E-state index contributed by atoms with van der Waals surface area (Å²) in [6.07, 6.45) is 5.49. The fourth-order valence-corrected chi connectivity index (χ4v) is 2.42. The molecule has 6 heteroatoms. The number of alkyl carbamates (subject to hydrolysis) is 1. The van der Waals surface area contributed by atoms with Gasteiger partial charge in [0.2, 0.25) is 0 Å². The predicted molar refractivity (Wildman–Crippen MR) is 92.5 cm³/mol. The molecule has 1 amide bonds. The van der Waals surface area contributed by atoms with Gasteiger partial charge in [-0.05, 0) is 58.1 Å². The van der Waals surface area contributed by atoms with E-state index in [2.05, 4.69) is 5.32 Å². The second-order valence-electron chi connectivity index (χ2n) is 6.93. The van der Waals surface area contributed by atoms with Gasteiger partial charge < -0.3 is 25.0 Å². The molecule has 1 rings (SSSR count). The van der Waals surface area contributed by atoms with Crippen molar-refractivity contribution in [1.29, 1.82) is 0 Å². The van der Waals surface area contributed by atoms with Crippen LogP contribution < -0.4 is 5.32 Å². The molecule has 3 N–H and O–H groups in total. The van der Waals surface area contributed by atoms with Crippen LogP contribution >= 0.6 is 0 Å². The van der Waals surface area contributed by atoms with Crippen molar-refractivity contribution in [1.82, 2.24) is 5.32 Å². The van der Waals surface area contributed by atoms with Gasteiger partial charge in [-0.3, -0.25) is 0 Å². The number of nitrogens with one attached hydrogen (secondary N) is 1. The van der Waals surface area contributed by atoms with Crippen LogP contribution in [0.5, 0.6) is 0 Å². The predicted octanol–water partition coefficient (Wildman–Crippen LogP) is 2.65. The number of carbonyl (C=O) groups excluding carboxylic acids is 1. The van der Waals surface area contributed by atoms with Crippen LogP contribution in [-0.2, 0) is 9.47 Å². The highest BCUT2D eigenvalue weighted by Gasteiger charge is 2.20. The number of ether oxygens (including phenoxy) is 2. The van der Waals surface area contributed by atoms with Gasteiger partial charge >= 0.3 is 6.09 Å². The first-order valence-corrected chi connectivity index (χ1v) is 8.57. The summed E-state index contributed by atoms with van der Waals surface area (Å²) in [6, 6.07) is 0.00620. The second-order valence-corrected chi connectivity index (χ2v) is 6.93. The first kappa shape index (κ1) is 20.5. The Hall–Kier alpha value is -1.53. The average Bonchev–Trinajstić information content (AvgIpc) is 2.48. The normalized spacial score (nSPS) is 19.2. The number of rotatable bonds is 8. The van der Waals surface area contributed by atoms with Crippen molar-refractivity contribution in [2.75, 3.05) is 13.2 Å². The van der Waals surface area contributed by atoms with Gasteiger partial charge in [-0.15, -0.1) is 0 Å². The monoisotopic (exact) mass is 341 g/mol. The van der Waals surface area contributed by atoms with Crippen molar-refractivity contribution in [3.05, 3.63) is 23.5 Å². The summed E-state index contributed by atoms with van der Waals surface area (Å²) in [5.74, 6) is 0.620. The molecule has 1 aliphatic rings. The van der Waals surface area contributed by atoms with Crippen molar-refractivity contribution in [3.63, 3.8) is 0 Å². The third-order valence-corrected chi connectivity index (χ3v) is 3.59. The van der Waals surface area contributed by atoms with Crippen molar-refractivity contribution in [2.24, 2.45) is 0 Å². The van der Waals surface area contributed by atoms with E-state index in [0.717, 1.165) is 24.8 Å². The van der Waals surface area contributed by atoms with E-state index >= 15 is 0 Å². The topological polar surface area (TPSA) is 88.0 Å². The number of amides is 1. The minimum atomic E-state index is -0.552. The smallest absolute Gasteiger partial charge is 0.407 e. The highest BCUT2D eigenvalue weighted by atomic mass is 16.6. The summed E-state index contributed by atoms with van der Waals surface area (Å²) in [5, 5.41) is 21.5. The molecule has 0 aromatic rings. The average molecular weight is 341 g/mol. The molecule has 0 aromatic heterocycles. The maximum atomic E-state index is 11.9. The Morgan fingerprint density at radius 1 is 1.46 bits per heavy atom. The number of carbonyl (C=O) groups is 1. The van der Waals surface area contributed by atoms with E-state index < -0.39 is 17.8 Å². The van der Waals surface area contributed by atoms with E-state index in [9.17, 15) is 9.90 Å². The lowest BCUT2D eigenvalue weighted by molar-refractivity contribution is 0.0500. The highest BCUT2D eigenvalue weighted by molar-refractivity contribution is 5.68. The van der Waals surface area contributed by atoms with Crippen LogP contribution in [0.15, 0.2) is 23.5 Å². The third-order valence-electron chi connectivity index (χ3n) is 3.59. The summed E-state index contributed by atoms with van der Waals surface area (Å²) in [4.78, 5) is 11.9. The molecule has 0 aliphatic heterocycles. The van der Waals surface area contributed by atoms with E-state index in [-0.39, 0.29) is 19.3 Å². The zero-order chi connectivity index (χ0) is 18.2. The SMILES string of the molecule is CC[C@H](CCC1=CCC(O)C=C1OCCO)NC(=O)OC(C)(C)C. The van der Waals surface area contributed by atoms with Gasteiger partial charge in [0.05, 0.1) is 12.7 Å². The summed E-state index contributed by atoms with van der Waals surface area (Å²) in [6.45, 7) is 7.64. The van der Waals surface area contributed by atoms with E-state index in [0.29, 0.717) is 12.2 Å². The maximum absolute atomic E-state index is 11.9. The second kappa shape index (κ2) is 9.69. The van der Waals surface area contributed by atoms with Crippen LogP contribution in [0.4, 0.5) is 4.79 Å². The van der Waals surface area contributed by atoms with Crippen LogP contribution in [0.1, 0.15) is 53.4 Å². The molecule has 1 unspecified atom stereocenters. The van der Waals surface area contributed by atoms with Crippen molar-refractivity contribution in [3.8, 4) is 0 Å². The molecule has 0 spiro atoms. The Morgan fingerprint density at radius 2 is 2.17 bits per heavy atom. The molecule has 0 saturated heterocycles. The van der Waals surface area contributed by atoms with Crippen LogP contribution in [0.2, 0.25) is 0 Å². The molecule has 0 radical (unpaired) electrons. The van der Waals surface area contributed by atoms with E-state index in [1.54, 1.807) is 6.08 Å². The molecule has 0 heterocycles. The van der Waals surface area contributed by atoms with Crippen molar-refractivity contribution in [2.45, 2.75) is 71.1 Å². The van der Waals surface area contributed by atoms with E-state index in [4.69, 9.17) is 14.6 Å². The summed E-state index contributed by atoms with van der Waals surface area (Å²) >= 11 is 0. The maximum Gasteiger partial charge on any atom is 0.407 e. The Bertz CT molecular complexity index is 465. The molecule has 0 saturated carbocycles. The van der Waals surface area contributed by atoms with E-state index in [1.165, 1.54) is 0 Å². The Balaban J connectivity index is 2.54. The molecule has 138 valence electrons. The standard InChI is InChI=1S/C18H31NO5/c1-5-14(19-17(22)24-18(2,3)4)8-6-13-7-9-15(21)12-16(13)23-11-10-20/h7,12,14-15,20-21H,5-6,8-11H2,1-4H3,(H,19,22)/t14-,15?/m1/s1. The lowest BCUT2D eigenvalue weighted by Crippen LogP contribution is -2.38. The van der Waals surface area contributed by atoms with Crippen LogP contribution in [0.3, 0.4) is 0 Å². The largest absolute Gasteiger partial charge is 0.491 e. The van der Waals surface area contributed by atoms with Gasteiger partial charge in [-0.1, -0.05) is 13.0 Å². The molecule has 1 aliphatic carbocycles. The fraction of sp³-hybridized carbons (Fsp3) is 0.722. The highest BCUT2D eigenvalue weighted by Crippen LogP contribution is 2.25. The minimum absolute atomic E-state index is 0.00620. The summed E-state index contributed by atoms with van der Waals surface area (Å²) in [5.41, 5.74) is 0.483. The molecule has 24 heavy (non-hydrogen) atoms. The quantitative estimate of drug-likeness (QED) is 0.632. The van der Waals surface area contributed by atoms with Crippen molar-refractivity contribution >= 4 is 6.09 Å². The van der Waals surface area contributed by atoms with Crippen LogP contribution in [0.25, 0.3) is 0 Å². The van der Waals surface area contributed by atoms with Gasteiger partial charge in [0.15, 0.2) is 0 Å². The minimum Gasteiger partial charge on any atom is -0.491 e. The number of aliphatic hydroxyl groups is 2. The van der Waals surface area contributed by atoms with Gasteiger partial charge in [0.25, 0.3) is 0 Å². The lowest BCUT2D eigenvalue weighted by atomic mass is 9.96. The molecular formula is C18H31NO5. The zero-order valence-electron chi connectivity index (χ0n) is 15.2. The Morgan fingerprint density at radius 3 is 2.75 bits per heavy atom.